The molecule has 0 bridgehead atoms. The summed E-state index contributed by atoms with van der Waals surface area (Å²) in [5.74, 6) is 0. The van der Waals surface area contributed by atoms with Gasteiger partial charge in [-0.2, -0.15) is 26.3 Å². The number of benzene rings is 1. The third-order valence-corrected chi connectivity index (χ3v) is 2.12. The molecule has 1 aromatic carbocycles. The Morgan fingerprint density at radius 1 is 0.941 bits per heavy atom. The number of rotatable bonds is 1. The van der Waals surface area contributed by atoms with E-state index in [0.717, 1.165) is 0 Å². The maximum atomic E-state index is 12.5. The van der Waals surface area contributed by atoms with Gasteiger partial charge in [0.05, 0.1) is 11.1 Å². The Bertz CT molecular complexity index is 421. The van der Waals surface area contributed by atoms with Gasteiger partial charge in [-0.15, -0.1) is 0 Å². The van der Waals surface area contributed by atoms with E-state index in [0.29, 0.717) is 6.07 Å². The van der Waals surface area contributed by atoms with Crippen LogP contribution in [-0.4, -0.2) is 0 Å². The molecule has 0 unspecified atom stereocenters. The highest BCUT2D eigenvalue weighted by Gasteiger charge is 2.38. The fourth-order valence-corrected chi connectivity index (χ4v) is 1.34. The van der Waals surface area contributed by atoms with Crippen molar-refractivity contribution in [3.8, 4) is 0 Å². The summed E-state index contributed by atoms with van der Waals surface area (Å²) in [6.07, 6.45) is -9.81. The standard InChI is InChI=1S/C9H8F6N2/c10-8(11,12)4-1-6(9(13,14)15)5(3-16)7(17)2-4/h1-2H,3,16-17H2. The van der Waals surface area contributed by atoms with Crippen molar-refractivity contribution >= 4 is 5.69 Å². The molecule has 0 heterocycles. The first-order chi connectivity index (χ1) is 7.57. The summed E-state index contributed by atoms with van der Waals surface area (Å²) in [6.45, 7) is -0.585. The molecule has 8 heteroatoms. The van der Waals surface area contributed by atoms with Gasteiger partial charge in [-0.05, 0) is 12.1 Å². The van der Waals surface area contributed by atoms with Gasteiger partial charge in [0, 0.05) is 17.8 Å². The monoisotopic (exact) mass is 258 g/mol. The van der Waals surface area contributed by atoms with Crippen LogP contribution < -0.4 is 11.5 Å². The fraction of sp³-hybridized carbons (Fsp3) is 0.333. The summed E-state index contributed by atoms with van der Waals surface area (Å²) >= 11 is 0. The quantitative estimate of drug-likeness (QED) is 0.601. The van der Waals surface area contributed by atoms with E-state index < -0.39 is 41.3 Å². The first kappa shape index (κ1) is 13.6. The average molecular weight is 258 g/mol. The third-order valence-electron chi connectivity index (χ3n) is 2.12. The van der Waals surface area contributed by atoms with Crippen LogP contribution >= 0.6 is 0 Å². The number of anilines is 1. The molecule has 0 saturated heterocycles. The van der Waals surface area contributed by atoms with Gasteiger partial charge >= 0.3 is 12.4 Å². The molecule has 1 aromatic rings. The summed E-state index contributed by atoms with van der Waals surface area (Å²) in [5, 5.41) is 0. The van der Waals surface area contributed by atoms with Gasteiger partial charge in [0.15, 0.2) is 0 Å². The Kier molecular flexibility index (Phi) is 3.28. The van der Waals surface area contributed by atoms with Crippen LogP contribution in [0.5, 0.6) is 0 Å². The molecule has 1 rings (SSSR count). The Hall–Kier alpha value is -1.44. The molecule has 0 saturated carbocycles. The zero-order chi connectivity index (χ0) is 13.4. The first-order valence-corrected chi connectivity index (χ1v) is 4.34. The zero-order valence-corrected chi connectivity index (χ0v) is 8.28. The maximum absolute atomic E-state index is 12.5. The van der Waals surface area contributed by atoms with Gasteiger partial charge < -0.3 is 11.5 Å². The number of halogens is 6. The molecular formula is C9H8F6N2. The van der Waals surface area contributed by atoms with E-state index in [2.05, 4.69) is 0 Å². The molecule has 0 fully saturated rings. The van der Waals surface area contributed by atoms with Crippen LogP contribution in [-0.2, 0) is 18.9 Å². The summed E-state index contributed by atoms with van der Waals surface area (Å²) in [7, 11) is 0. The molecule has 0 aromatic heterocycles. The molecule has 0 spiro atoms. The summed E-state index contributed by atoms with van der Waals surface area (Å²) in [6, 6.07) is 0.454. The predicted molar refractivity (Wildman–Crippen MR) is 48.7 cm³/mol. The van der Waals surface area contributed by atoms with E-state index in [1.165, 1.54) is 0 Å². The molecule has 0 amide bonds. The van der Waals surface area contributed by atoms with Crippen LogP contribution in [0.3, 0.4) is 0 Å². The van der Waals surface area contributed by atoms with Gasteiger partial charge in [-0.25, -0.2) is 0 Å². The summed E-state index contributed by atoms with van der Waals surface area (Å²) < 4.78 is 74.5. The van der Waals surface area contributed by atoms with Gasteiger partial charge in [0.1, 0.15) is 0 Å². The number of nitrogens with two attached hydrogens (primary N) is 2. The smallest absolute Gasteiger partial charge is 0.398 e. The molecule has 96 valence electrons. The summed E-state index contributed by atoms with van der Waals surface area (Å²) in [5.41, 5.74) is 6.14. The highest BCUT2D eigenvalue weighted by Crippen LogP contribution is 2.39. The van der Waals surface area contributed by atoms with Crippen molar-refractivity contribution in [2.75, 3.05) is 5.73 Å². The van der Waals surface area contributed by atoms with Crippen molar-refractivity contribution in [3.05, 3.63) is 28.8 Å². The topological polar surface area (TPSA) is 52.0 Å². The van der Waals surface area contributed by atoms with Crippen molar-refractivity contribution < 1.29 is 26.3 Å². The van der Waals surface area contributed by atoms with E-state index in [-0.39, 0.29) is 6.07 Å². The molecule has 0 aliphatic carbocycles. The first-order valence-electron chi connectivity index (χ1n) is 4.34. The number of hydrogen-bond donors (Lipinski definition) is 2. The molecule has 17 heavy (non-hydrogen) atoms. The highest BCUT2D eigenvalue weighted by molar-refractivity contribution is 5.55. The van der Waals surface area contributed by atoms with Crippen molar-refractivity contribution in [1.82, 2.24) is 0 Å². The van der Waals surface area contributed by atoms with Crippen LogP contribution in [0.15, 0.2) is 12.1 Å². The Morgan fingerprint density at radius 2 is 1.47 bits per heavy atom. The maximum Gasteiger partial charge on any atom is 0.416 e. The number of hydrogen-bond acceptors (Lipinski definition) is 2. The van der Waals surface area contributed by atoms with Crippen LogP contribution in [0.2, 0.25) is 0 Å². The minimum atomic E-state index is -4.93. The Morgan fingerprint density at radius 3 is 1.82 bits per heavy atom. The van der Waals surface area contributed by atoms with Crippen LogP contribution in [0.25, 0.3) is 0 Å². The van der Waals surface area contributed by atoms with E-state index in [1.54, 1.807) is 0 Å². The molecule has 0 radical (unpaired) electrons. The minimum Gasteiger partial charge on any atom is -0.398 e. The zero-order valence-electron chi connectivity index (χ0n) is 8.28. The lowest BCUT2D eigenvalue weighted by molar-refractivity contribution is -0.143. The minimum absolute atomic E-state index is 0.0125. The molecule has 2 nitrogen and oxygen atoms in total. The molecule has 0 aliphatic heterocycles. The second-order valence-corrected chi connectivity index (χ2v) is 3.29. The van der Waals surface area contributed by atoms with Gasteiger partial charge in [-0.3, -0.25) is 0 Å². The lowest BCUT2D eigenvalue weighted by Gasteiger charge is -2.17. The second-order valence-electron chi connectivity index (χ2n) is 3.29. The molecule has 0 atom stereocenters. The lowest BCUT2D eigenvalue weighted by atomic mass is 10.0. The highest BCUT2D eigenvalue weighted by atomic mass is 19.4. The largest absolute Gasteiger partial charge is 0.416 e. The van der Waals surface area contributed by atoms with Crippen LogP contribution in [0, 0.1) is 0 Å². The van der Waals surface area contributed by atoms with Crippen LogP contribution in [0.4, 0.5) is 32.0 Å². The van der Waals surface area contributed by atoms with Gasteiger partial charge in [-0.1, -0.05) is 0 Å². The van der Waals surface area contributed by atoms with Crippen molar-refractivity contribution in [1.29, 1.82) is 0 Å². The van der Waals surface area contributed by atoms with E-state index in [1.807, 2.05) is 0 Å². The number of alkyl halides is 6. The van der Waals surface area contributed by atoms with Gasteiger partial charge in [0.25, 0.3) is 0 Å². The lowest BCUT2D eigenvalue weighted by Crippen LogP contribution is -2.17. The summed E-state index contributed by atoms with van der Waals surface area (Å²) in [4.78, 5) is 0. The Labute approximate surface area is 92.2 Å². The molecule has 4 N–H and O–H groups in total. The van der Waals surface area contributed by atoms with Crippen LogP contribution in [0.1, 0.15) is 16.7 Å². The van der Waals surface area contributed by atoms with Crippen molar-refractivity contribution in [3.63, 3.8) is 0 Å². The third kappa shape index (κ3) is 2.82. The van der Waals surface area contributed by atoms with E-state index in [4.69, 9.17) is 11.5 Å². The second kappa shape index (κ2) is 4.10. The van der Waals surface area contributed by atoms with E-state index in [9.17, 15) is 26.3 Å². The number of nitrogen functional groups attached to an aromatic ring is 1. The van der Waals surface area contributed by atoms with Crippen molar-refractivity contribution in [2.24, 2.45) is 5.73 Å². The normalized spacial score (nSPS) is 12.9. The SMILES string of the molecule is NCc1c(N)cc(C(F)(F)F)cc1C(F)(F)F. The fourth-order valence-electron chi connectivity index (χ4n) is 1.34. The predicted octanol–water partition coefficient (Wildman–Crippen LogP) is 2.77. The van der Waals surface area contributed by atoms with E-state index >= 15 is 0 Å². The average Bonchev–Trinajstić information content (AvgIpc) is 2.13. The molecular weight excluding hydrogens is 250 g/mol. The Balaban J connectivity index is 3.51. The molecule has 0 aliphatic rings. The van der Waals surface area contributed by atoms with Crippen molar-refractivity contribution in [2.45, 2.75) is 18.9 Å². The van der Waals surface area contributed by atoms with Gasteiger partial charge in [0.2, 0.25) is 0 Å².